The van der Waals surface area contributed by atoms with Crippen molar-refractivity contribution in [2.45, 2.75) is 20.3 Å². The van der Waals surface area contributed by atoms with Gasteiger partial charge < -0.3 is 5.32 Å². The minimum absolute atomic E-state index is 0.0351. The van der Waals surface area contributed by atoms with Crippen molar-refractivity contribution in [1.82, 2.24) is 14.7 Å². The molecule has 0 saturated heterocycles. The summed E-state index contributed by atoms with van der Waals surface area (Å²) in [6, 6.07) is 14.4. The Bertz CT molecular complexity index is 1060. The van der Waals surface area contributed by atoms with Crippen molar-refractivity contribution in [3.05, 3.63) is 59.8 Å². The van der Waals surface area contributed by atoms with Crippen LogP contribution >= 0.6 is 11.3 Å². The Labute approximate surface area is 150 Å². The van der Waals surface area contributed by atoms with E-state index in [2.05, 4.69) is 47.1 Å². The lowest BCUT2D eigenvalue weighted by Gasteiger charge is -2.02. The number of fused-ring (bicyclic) bond motifs is 3. The van der Waals surface area contributed by atoms with Gasteiger partial charge in [0, 0.05) is 23.9 Å². The van der Waals surface area contributed by atoms with Crippen molar-refractivity contribution in [1.29, 1.82) is 0 Å². The molecule has 2 aromatic carbocycles. The smallest absolute Gasteiger partial charge is 0.251 e. The third-order valence-electron chi connectivity index (χ3n) is 4.35. The van der Waals surface area contributed by atoms with Crippen LogP contribution in [0, 0.1) is 0 Å². The van der Waals surface area contributed by atoms with E-state index in [1.54, 1.807) is 11.3 Å². The molecule has 0 aliphatic heterocycles. The summed E-state index contributed by atoms with van der Waals surface area (Å²) in [6.07, 6.45) is 3.11. The molecule has 1 N–H and O–H groups in total. The van der Waals surface area contributed by atoms with Gasteiger partial charge in [-0.15, -0.1) is 0 Å². The molecule has 4 rings (SSSR count). The standard InChI is InChI=1S/C20H19N3OS/c1-3-13-5-7-14(8-6-13)16-12-23-17-10-9-15(19(24)21-4-2)11-18(17)25-20(23)22-16/h5-12H,3-4H2,1-2H3,(H,21,24). The van der Waals surface area contributed by atoms with Crippen LogP contribution < -0.4 is 5.32 Å². The Morgan fingerprint density at radius 3 is 2.68 bits per heavy atom. The first kappa shape index (κ1) is 15.8. The molecule has 0 aliphatic rings. The molecule has 0 saturated carbocycles. The summed E-state index contributed by atoms with van der Waals surface area (Å²) in [7, 11) is 0. The fourth-order valence-electron chi connectivity index (χ4n) is 2.96. The van der Waals surface area contributed by atoms with Crippen molar-refractivity contribution < 1.29 is 4.79 Å². The van der Waals surface area contributed by atoms with Gasteiger partial charge in [-0.1, -0.05) is 42.5 Å². The zero-order valence-corrected chi connectivity index (χ0v) is 15.1. The molecule has 0 spiro atoms. The Morgan fingerprint density at radius 2 is 1.96 bits per heavy atom. The molecule has 126 valence electrons. The van der Waals surface area contributed by atoms with Crippen LogP contribution in [-0.4, -0.2) is 21.8 Å². The van der Waals surface area contributed by atoms with Crippen LogP contribution in [0.4, 0.5) is 0 Å². The zero-order valence-electron chi connectivity index (χ0n) is 14.2. The summed E-state index contributed by atoms with van der Waals surface area (Å²) in [5.74, 6) is -0.0351. The number of imidazole rings is 1. The molecular formula is C20H19N3OS. The number of rotatable bonds is 4. The number of amides is 1. The lowest BCUT2D eigenvalue weighted by molar-refractivity contribution is 0.0956. The second-order valence-corrected chi connectivity index (χ2v) is 6.98. The lowest BCUT2D eigenvalue weighted by atomic mass is 10.1. The van der Waals surface area contributed by atoms with Crippen molar-refractivity contribution in [3.63, 3.8) is 0 Å². The Balaban J connectivity index is 1.75. The number of aryl methyl sites for hydroxylation is 1. The maximum Gasteiger partial charge on any atom is 0.251 e. The summed E-state index contributed by atoms with van der Waals surface area (Å²) < 4.78 is 3.17. The quantitative estimate of drug-likeness (QED) is 0.588. The van der Waals surface area contributed by atoms with E-state index in [-0.39, 0.29) is 5.91 Å². The van der Waals surface area contributed by atoms with Gasteiger partial charge in [-0.3, -0.25) is 9.20 Å². The third-order valence-corrected chi connectivity index (χ3v) is 5.37. The number of carbonyl (C=O) groups is 1. The SMILES string of the molecule is CCNC(=O)c1ccc2c(c1)sc1nc(-c3ccc(CC)cc3)cn12. The van der Waals surface area contributed by atoms with Crippen LogP contribution in [-0.2, 0) is 6.42 Å². The highest BCUT2D eigenvalue weighted by Crippen LogP contribution is 2.30. The van der Waals surface area contributed by atoms with Crippen LogP contribution in [0.15, 0.2) is 48.7 Å². The van der Waals surface area contributed by atoms with Gasteiger partial charge in [-0.2, -0.15) is 0 Å². The number of thiazole rings is 1. The summed E-state index contributed by atoms with van der Waals surface area (Å²) >= 11 is 1.61. The van der Waals surface area contributed by atoms with Gasteiger partial charge in [-0.05, 0) is 37.1 Å². The van der Waals surface area contributed by atoms with E-state index in [0.717, 1.165) is 32.9 Å². The molecule has 0 radical (unpaired) electrons. The van der Waals surface area contributed by atoms with Gasteiger partial charge in [0.1, 0.15) is 0 Å². The number of nitrogens with zero attached hydrogens (tertiary/aromatic N) is 2. The fraction of sp³-hybridized carbons (Fsp3) is 0.200. The second-order valence-electron chi connectivity index (χ2n) is 5.97. The Hall–Kier alpha value is -2.66. The number of hydrogen-bond acceptors (Lipinski definition) is 3. The van der Waals surface area contributed by atoms with Crippen molar-refractivity contribution in [2.24, 2.45) is 0 Å². The van der Waals surface area contributed by atoms with Crippen LogP contribution in [0.1, 0.15) is 29.8 Å². The molecule has 4 aromatic rings. The largest absolute Gasteiger partial charge is 0.352 e. The van der Waals surface area contributed by atoms with Crippen molar-refractivity contribution in [3.8, 4) is 11.3 Å². The molecular weight excluding hydrogens is 330 g/mol. The first-order valence-electron chi connectivity index (χ1n) is 8.48. The average Bonchev–Trinajstić information content (AvgIpc) is 3.19. The molecule has 2 heterocycles. The van der Waals surface area contributed by atoms with Gasteiger partial charge in [0.05, 0.1) is 15.9 Å². The molecule has 0 bridgehead atoms. The minimum Gasteiger partial charge on any atom is -0.352 e. The Morgan fingerprint density at radius 1 is 1.16 bits per heavy atom. The third kappa shape index (κ3) is 2.81. The van der Waals surface area contributed by atoms with E-state index in [4.69, 9.17) is 4.98 Å². The number of carbonyl (C=O) groups excluding carboxylic acids is 1. The normalized spacial score (nSPS) is 11.3. The van der Waals surface area contributed by atoms with Gasteiger partial charge in [0.25, 0.3) is 5.91 Å². The monoisotopic (exact) mass is 349 g/mol. The van der Waals surface area contributed by atoms with Gasteiger partial charge in [-0.25, -0.2) is 4.98 Å². The molecule has 1 amide bonds. The van der Waals surface area contributed by atoms with Crippen LogP contribution in [0.5, 0.6) is 0 Å². The summed E-state index contributed by atoms with van der Waals surface area (Å²) in [5, 5.41) is 2.84. The predicted molar refractivity (Wildman–Crippen MR) is 103 cm³/mol. The first-order valence-corrected chi connectivity index (χ1v) is 9.30. The second kappa shape index (κ2) is 6.33. The molecule has 0 aliphatic carbocycles. The summed E-state index contributed by atoms with van der Waals surface area (Å²) in [4.78, 5) is 17.7. The highest BCUT2D eigenvalue weighted by atomic mass is 32.1. The van der Waals surface area contributed by atoms with E-state index >= 15 is 0 Å². The summed E-state index contributed by atoms with van der Waals surface area (Å²) in [6.45, 7) is 4.71. The number of nitrogens with one attached hydrogen (secondary N) is 1. The maximum atomic E-state index is 12.0. The van der Waals surface area contributed by atoms with Crippen LogP contribution in [0.3, 0.4) is 0 Å². The minimum atomic E-state index is -0.0351. The predicted octanol–water partition coefficient (Wildman–Crippen LogP) is 4.53. The van der Waals surface area contributed by atoms with Gasteiger partial charge in [0.2, 0.25) is 0 Å². The molecule has 0 unspecified atom stereocenters. The lowest BCUT2D eigenvalue weighted by Crippen LogP contribution is -2.22. The van der Waals surface area contributed by atoms with E-state index < -0.39 is 0 Å². The van der Waals surface area contributed by atoms with E-state index in [1.165, 1.54) is 5.56 Å². The molecule has 5 heteroatoms. The number of hydrogen-bond donors (Lipinski definition) is 1. The molecule has 0 fully saturated rings. The van der Waals surface area contributed by atoms with Gasteiger partial charge >= 0.3 is 0 Å². The van der Waals surface area contributed by atoms with E-state index in [1.807, 2.05) is 25.1 Å². The first-order chi connectivity index (χ1) is 12.2. The van der Waals surface area contributed by atoms with Crippen LogP contribution in [0.2, 0.25) is 0 Å². The van der Waals surface area contributed by atoms with Crippen molar-refractivity contribution >= 4 is 32.4 Å². The fourth-order valence-corrected chi connectivity index (χ4v) is 4.00. The van der Waals surface area contributed by atoms with Crippen LogP contribution in [0.25, 0.3) is 26.4 Å². The maximum absolute atomic E-state index is 12.0. The topological polar surface area (TPSA) is 46.4 Å². The molecule has 2 aromatic heterocycles. The molecule has 0 atom stereocenters. The molecule has 4 nitrogen and oxygen atoms in total. The molecule has 25 heavy (non-hydrogen) atoms. The van der Waals surface area contributed by atoms with E-state index in [0.29, 0.717) is 12.1 Å². The average molecular weight is 349 g/mol. The number of benzene rings is 2. The zero-order chi connectivity index (χ0) is 17.4. The number of aromatic nitrogens is 2. The highest BCUT2D eigenvalue weighted by Gasteiger charge is 2.12. The highest BCUT2D eigenvalue weighted by molar-refractivity contribution is 7.23. The van der Waals surface area contributed by atoms with Crippen molar-refractivity contribution in [2.75, 3.05) is 6.54 Å². The van der Waals surface area contributed by atoms with E-state index in [9.17, 15) is 4.79 Å². The van der Waals surface area contributed by atoms with Gasteiger partial charge in [0.15, 0.2) is 4.96 Å². The summed E-state index contributed by atoms with van der Waals surface area (Å²) in [5.41, 5.74) is 5.20. The Kier molecular flexibility index (Phi) is 4.01.